The predicted molar refractivity (Wildman–Crippen MR) is 76.6 cm³/mol. The highest BCUT2D eigenvalue weighted by atomic mass is 79.9. The van der Waals surface area contributed by atoms with Gasteiger partial charge >= 0.3 is 0 Å². The fraction of sp³-hybridized carbons (Fsp3) is 0.100. The van der Waals surface area contributed by atoms with E-state index >= 15 is 0 Å². The van der Waals surface area contributed by atoms with E-state index in [2.05, 4.69) is 20.9 Å². The number of thiazole rings is 1. The summed E-state index contributed by atoms with van der Waals surface area (Å²) >= 11 is 10.2. The molecule has 0 aliphatic carbocycles. The van der Waals surface area contributed by atoms with Crippen LogP contribution in [0.3, 0.4) is 0 Å². The third-order valence-corrected chi connectivity index (χ3v) is 6.04. The summed E-state index contributed by atoms with van der Waals surface area (Å²) in [7, 11) is -3.56. The van der Waals surface area contributed by atoms with Gasteiger partial charge in [0.2, 0.25) is 9.84 Å². The van der Waals surface area contributed by atoms with Gasteiger partial charge in [0.05, 0.1) is 5.75 Å². The molecule has 2 N–H and O–H groups in total. The molecule has 0 saturated heterocycles. The van der Waals surface area contributed by atoms with Crippen molar-refractivity contribution in [2.75, 3.05) is 5.73 Å². The highest BCUT2D eigenvalue weighted by molar-refractivity contribution is 9.11. The number of aromatic nitrogens is 1. The Hall–Kier alpha value is -0.630. The maximum Gasteiger partial charge on any atom is 0.201 e. The van der Waals surface area contributed by atoms with E-state index in [4.69, 9.17) is 17.3 Å². The van der Waals surface area contributed by atoms with E-state index < -0.39 is 9.84 Å². The first-order chi connectivity index (χ1) is 8.40. The summed E-state index contributed by atoms with van der Waals surface area (Å²) in [6.07, 6.45) is 0. The van der Waals surface area contributed by atoms with E-state index in [0.717, 1.165) is 11.3 Å². The normalized spacial score (nSPS) is 11.7. The van der Waals surface area contributed by atoms with Crippen molar-refractivity contribution < 1.29 is 8.42 Å². The van der Waals surface area contributed by atoms with Gasteiger partial charge in [0.15, 0.2) is 10.2 Å². The molecule has 0 bridgehead atoms. The number of halogens is 2. The molecule has 4 nitrogen and oxygen atoms in total. The molecule has 2 rings (SSSR count). The van der Waals surface area contributed by atoms with E-state index in [9.17, 15) is 8.42 Å². The summed E-state index contributed by atoms with van der Waals surface area (Å²) in [5, 5.41) is 0.588. The van der Waals surface area contributed by atoms with Gasteiger partial charge in [-0.2, -0.15) is 0 Å². The average molecular weight is 368 g/mol. The number of hydrogen-bond acceptors (Lipinski definition) is 5. The number of nitrogen functional groups attached to an aromatic ring is 1. The van der Waals surface area contributed by atoms with Crippen LogP contribution in [-0.2, 0) is 15.6 Å². The van der Waals surface area contributed by atoms with Gasteiger partial charge in [0, 0.05) is 5.02 Å². The molecule has 0 saturated carbocycles. The van der Waals surface area contributed by atoms with Crippen molar-refractivity contribution >= 4 is 53.8 Å². The number of anilines is 1. The number of nitrogens with two attached hydrogens (primary N) is 1. The largest absolute Gasteiger partial charge is 0.375 e. The lowest BCUT2D eigenvalue weighted by molar-refractivity contribution is 0.592. The summed E-state index contributed by atoms with van der Waals surface area (Å²) in [5.74, 6) is -0.200. The van der Waals surface area contributed by atoms with Crippen LogP contribution in [0.15, 0.2) is 33.1 Å². The first kappa shape index (κ1) is 13.8. The van der Waals surface area contributed by atoms with Crippen molar-refractivity contribution in [3.8, 4) is 0 Å². The standard InChI is InChI=1S/C10H8BrClN2O2S2/c11-8-9(14-10(13)17-8)18(15,16)5-6-3-1-2-4-7(6)12/h1-4H,5H2,(H2,13,14). The second-order valence-corrected chi connectivity index (χ2v) is 8.14. The van der Waals surface area contributed by atoms with E-state index in [0.29, 0.717) is 14.4 Å². The van der Waals surface area contributed by atoms with Gasteiger partial charge in [-0.25, -0.2) is 13.4 Å². The molecule has 1 aromatic carbocycles. The molecule has 1 aromatic heterocycles. The minimum Gasteiger partial charge on any atom is -0.375 e. The highest BCUT2D eigenvalue weighted by Crippen LogP contribution is 2.32. The van der Waals surface area contributed by atoms with Crippen molar-refractivity contribution in [2.24, 2.45) is 0 Å². The topological polar surface area (TPSA) is 73.0 Å². The number of sulfone groups is 1. The molecule has 0 unspecified atom stereocenters. The van der Waals surface area contributed by atoms with Crippen LogP contribution >= 0.6 is 38.9 Å². The van der Waals surface area contributed by atoms with Crippen molar-refractivity contribution in [1.82, 2.24) is 4.98 Å². The number of benzene rings is 1. The van der Waals surface area contributed by atoms with Crippen molar-refractivity contribution in [1.29, 1.82) is 0 Å². The molecule has 8 heteroatoms. The van der Waals surface area contributed by atoms with Crippen LogP contribution in [0.5, 0.6) is 0 Å². The molecule has 0 aliphatic heterocycles. The van der Waals surface area contributed by atoms with E-state index in [1.165, 1.54) is 0 Å². The van der Waals surface area contributed by atoms with Crippen LogP contribution in [0, 0.1) is 0 Å². The molecule has 0 amide bonds. The second kappa shape index (κ2) is 5.16. The van der Waals surface area contributed by atoms with E-state index in [-0.39, 0.29) is 15.9 Å². The minimum atomic E-state index is -3.56. The maximum atomic E-state index is 12.2. The molecule has 2 aromatic rings. The van der Waals surface area contributed by atoms with Gasteiger partial charge in [0.1, 0.15) is 3.79 Å². The molecule has 0 spiro atoms. The lowest BCUT2D eigenvalue weighted by atomic mass is 10.2. The lowest BCUT2D eigenvalue weighted by Gasteiger charge is -2.04. The van der Waals surface area contributed by atoms with Gasteiger partial charge in [-0.05, 0) is 27.6 Å². The Kier molecular flexibility index (Phi) is 3.96. The first-order valence-electron chi connectivity index (χ1n) is 4.78. The summed E-state index contributed by atoms with van der Waals surface area (Å²) in [6.45, 7) is 0. The van der Waals surface area contributed by atoms with Gasteiger partial charge in [-0.1, -0.05) is 41.1 Å². The summed E-state index contributed by atoms with van der Waals surface area (Å²) in [4.78, 5) is 3.83. The quantitative estimate of drug-likeness (QED) is 0.904. The monoisotopic (exact) mass is 366 g/mol. The zero-order chi connectivity index (χ0) is 13.3. The van der Waals surface area contributed by atoms with Crippen molar-refractivity contribution in [3.05, 3.63) is 38.6 Å². The Morgan fingerprint density at radius 2 is 2.06 bits per heavy atom. The van der Waals surface area contributed by atoms with Gasteiger partial charge < -0.3 is 5.73 Å². The van der Waals surface area contributed by atoms with Crippen LogP contribution in [0.4, 0.5) is 5.13 Å². The molecule has 0 fully saturated rings. The van der Waals surface area contributed by atoms with Crippen molar-refractivity contribution in [2.45, 2.75) is 10.8 Å². The zero-order valence-corrected chi connectivity index (χ0v) is 12.9. The molecular formula is C10H8BrClN2O2S2. The maximum absolute atomic E-state index is 12.2. The zero-order valence-electron chi connectivity index (χ0n) is 8.93. The lowest BCUT2D eigenvalue weighted by Crippen LogP contribution is -2.06. The van der Waals surface area contributed by atoms with Crippen LogP contribution in [0.25, 0.3) is 0 Å². The number of rotatable bonds is 3. The molecular weight excluding hydrogens is 360 g/mol. The molecule has 0 radical (unpaired) electrons. The van der Waals surface area contributed by atoms with Gasteiger partial charge in [-0.15, -0.1) is 0 Å². The van der Waals surface area contributed by atoms with E-state index in [1.54, 1.807) is 24.3 Å². The SMILES string of the molecule is Nc1nc(S(=O)(=O)Cc2ccccc2Cl)c(Br)s1. The molecule has 0 atom stereocenters. The number of hydrogen-bond donors (Lipinski definition) is 1. The van der Waals surface area contributed by atoms with Crippen LogP contribution in [0.2, 0.25) is 5.02 Å². The van der Waals surface area contributed by atoms with Crippen LogP contribution in [-0.4, -0.2) is 13.4 Å². The van der Waals surface area contributed by atoms with Gasteiger partial charge in [-0.3, -0.25) is 0 Å². The average Bonchev–Trinajstić information content (AvgIpc) is 2.62. The first-order valence-corrected chi connectivity index (χ1v) is 8.42. The Balaban J connectivity index is 2.40. The Morgan fingerprint density at radius 1 is 1.39 bits per heavy atom. The Labute approximate surface area is 122 Å². The fourth-order valence-corrected chi connectivity index (χ4v) is 5.29. The third kappa shape index (κ3) is 2.85. The Morgan fingerprint density at radius 3 is 2.61 bits per heavy atom. The fourth-order valence-electron chi connectivity index (χ4n) is 1.38. The molecule has 18 heavy (non-hydrogen) atoms. The van der Waals surface area contributed by atoms with Gasteiger partial charge in [0.25, 0.3) is 0 Å². The number of nitrogens with zero attached hydrogens (tertiary/aromatic N) is 1. The summed E-state index contributed by atoms with van der Waals surface area (Å²) in [5.41, 5.74) is 6.03. The van der Waals surface area contributed by atoms with E-state index in [1.807, 2.05) is 0 Å². The molecule has 1 heterocycles. The van der Waals surface area contributed by atoms with Crippen LogP contribution < -0.4 is 5.73 Å². The van der Waals surface area contributed by atoms with Crippen LogP contribution in [0.1, 0.15) is 5.56 Å². The molecule has 96 valence electrons. The third-order valence-electron chi connectivity index (χ3n) is 2.17. The smallest absolute Gasteiger partial charge is 0.201 e. The van der Waals surface area contributed by atoms with Crippen molar-refractivity contribution in [3.63, 3.8) is 0 Å². The Bertz CT molecular complexity index is 685. The highest BCUT2D eigenvalue weighted by Gasteiger charge is 2.23. The second-order valence-electron chi connectivity index (χ2n) is 3.48. The summed E-state index contributed by atoms with van der Waals surface area (Å²) < 4.78 is 24.8. The summed E-state index contributed by atoms with van der Waals surface area (Å²) in [6, 6.07) is 6.80. The molecule has 0 aliphatic rings. The minimum absolute atomic E-state index is 0.0371. The predicted octanol–water partition coefficient (Wildman–Crippen LogP) is 3.12.